The van der Waals surface area contributed by atoms with Gasteiger partial charge in [-0.05, 0) is 54.2 Å². The number of carboxylic acid groups (broad SMARTS) is 1. The first-order valence-corrected chi connectivity index (χ1v) is 10.5. The molecule has 1 aliphatic heterocycles. The minimum absolute atomic E-state index is 0.0912. The molecule has 32 heavy (non-hydrogen) atoms. The number of hydrogen-bond donors (Lipinski definition) is 1. The van der Waals surface area contributed by atoms with Gasteiger partial charge in [0.25, 0.3) is 5.89 Å². The molecule has 1 aromatic heterocycles. The van der Waals surface area contributed by atoms with E-state index in [1.807, 2.05) is 18.2 Å². The van der Waals surface area contributed by atoms with E-state index in [2.05, 4.69) is 24.0 Å². The molecule has 0 saturated heterocycles. The fraction of sp³-hybridized carbons (Fsp3) is 0.333. The largest absolute Gasteiger partial charge is 0.465 e. The Hall–Kier alpha value is -3.73. The summed E-state index contributed by atoms with van der Waals surface area (Å²) in [6, 6.07) is 11.8. The van der Waals surface area contributed by atoms with Crippen LogP contribution in [0.15, 0.2) is 40.9 Å². The third kappa shape index (κ3) is 4.33. The molecule has 1 aliphatic rings. The molecule has 8 heteroatoms. The van der Waals surface area contributed by atoms with Crippen molar-refractivity contribution < 1.29 is 18.8 Å². The monoisotopic (exact) mass is 434 g/mol. The summed E-state index contributed by atoms with van der Waals surface area (Å²) in [5, 5.41) is 22.6. The number of fused-ring (bicyclic) bond motifs is 1. The predicted molar refractivity (Wildman–Crippen MR) is 115 cm³/mol. The van der Waals surface area contributed by atoms with E-state index in [9.17, 15) is 14.3 Å². The maximum atomic E-state index is 13.6. The summed E-state index contributed by atoms with van der Waals surface area (Å²) in [4.78, 5) is 17.5. The van der Waals surface area contributed by atoms with Crippen LogP contribution in [0, 0.1) is 23.1 Å². The van der Waals surface area contributed by atoms with Gasteiger partial charge in [-0.1, -0.05) is 31.1 Å². The summed E-state index contributed by atoms with van der Waals surface area (Å²) in [6.45, 7) is 5.19. The molecular formula is C24H23FN4O3. The average molecular weight is 434 g/mol. The van der Waals surface area contributed by atoms with Crippen LogP contribution >= 0.6 is 0 Å². The van der Waals surface area contributed by atoms with Gasteiger partial charge in [0.2, 0.25) is 5.82 Å². The molecule has 4 rings (SSSR count). The van der Waals surface area contributed by atoms with Crippen LogP contribution in [-0.4, -0.2) is 39.3 Å². The standard InChI is InChI=1S/C24H23FN4O3/c1-14(2)9-19-13-29(24(30)31)8-7-15-10-16(3-5-20(15)19)22-27-23(32-28-22)17-4-6-21(25)18(11-17)12-26/h3-6,10-11,14,19H,7-9,13H2,1-2H3,(H,30,31). The maximum Gasteiger partial charge on any atom is 0.407 e. The van der Waals surface area contributed by atoms with Crippen molar-refractivity contribution in [1.82, 2.24) is 15.0 Å². The van der Waals surface area contributed by atoms with Crippen LogP contribution < -0.4 is 0 Å². The Morgan fingerprint density at radius 1 is 1.31 bits per heavy atom. The molecular weight excluding hydrogens is 411 g/mol. The Morgan fingerprint density at radius 3 is 2.81 bits per heavy atom. The fourth-order valence-corrected chi connectivity index (χ4v) is 4.22. The zero-order chi connectivity index (χ0) is 22.8. The lowest BCUT2D eigenvalue weighted by Crippen LogP contribution is -2.33. The second kappa shape index (κ2) is 8.79. The van der Waals surface area contributed by atoms with E-state index in [1.165, 1.54) is 23.1 Å². The fourth-order valence-electron chi connectivity index (χ4n) is 4.22. The average Bonchev–Trinajstić information content (AvgIpc) is 3.18. The van der Waals surface area contributed by atoms with E-state index in [1.54, 1.807) is 6.07 Å². The van der Waals surface area contributed by atoms with Crippen molar-refractivity contribution in [2.24, 2.45) is 5.92 Å². The quantitative estimate of drug-likeness (QED) is 0.614. The molecule has 1 N–H and O–H groups in total. The predicted octanol–water partition coefficient (Wildman–Crippen LogP) is 5.08. The van der Waals surface area contributed by atoms with E-state index >= 15 is 0 Å². The summed E-state index contributed by atoms with van der Waals surface area (Å²) in [7, 11) is 0. The van der Waals surface area contributed by atoms with Crippen LogP contribution in [0.25, 0.3) is 22.8 Å². The third-order valence-corrected chi connectivity index (χ3v) is 5.72. The zero-order valence-electron chi connectivity index (χ0n) is 17.9. The minimum Gasteiger partial charge on any atom is -0.465 e. The van der Waals surface area contributed by atoms with Crippen LogP contribution in [0.2, 0.25) is 0 Å². The Kier molecular flexibility index (Phi) is 5.91. The molecule has 164 valence electrons. The van der Waals surface area contributed by atoms with Crippen molar-refractivity contribution in [1.29, 1.82) is 5.26 Å². The van der Waals surface area contributed by atoms with Gasteiger partial charge in [0.1, 0.15) is 11.9 Å². The van der Waals surface area contributed by atoms with Crippen molar-refractivity contribution in [3.05, 3.63) is 58.9 Å². The van der Waals surface area contributed by atoms with Crippen molar-refractivity contribution in [2.75, 3.05) is 13.1 Å². The van der Waals surface area contributed by atoms with Crippen LogP contribution in [0.5, 0.6) is 0 Å². The highest BCUT2D eigenvalue weighted by Crippen LogP contribution is 2.33. The normalized spacial score (nSPS) is 15.8. The molecule has 3 aromatic rings. The molecule has 2 heterocycles. The van der Waals surface area contributed by atoms with E-state index in [0.717, 1.165) is 23.1 Å². The number of rotatable bonds is 4. The molecule has 1 atom stereocenters. The summed E-state index contributed by atoms with van der Waals surface area (Å²) >= 11 is 0. The molecule has 0 fully saturated rings. The molecule has 2 aromatic carbocycles. The summed E-state index contributed by atoms with van der Waals surface area (Å²) in [6.07, 6.45) is 0.609. The number of aromatic nitrogens is 2. The van der Waals surface area contributed by atoms with E-state index < -0.39 is 11.9 Å². The maximum absolute atomic E-state index is 13.6. The lowest BCUT2D eigenvalue weighted by molar-refractivity contribution is 0.142. The first kappa shape index (κ1) is 21.5. The summed E-state index contributed by atoms with van der Waals surface area (Å²) in [5.41, 5.74) is 3.37. The molecule has 0 radical (unpaired) electrons. The summed E-state index contributed by atoms with van der Waals surface area (Å²) < 4.78 is 19.0. The van der Waals surface area contributed by atoms with Gasteiger partial charge in [-0.15, -0.1) is 0 Å². The topological polar surface area (TPSA) is 103 Å². The van der Waals surface area contributed by atoms with Crippen molar-refractivity contribution in [3.8, 4) is 28.9 Å². The summed E-state index contributed by atoms with van der Waals surface area (Å²) in [5.74, 6) is 0.539. The van der Waals surface area contributed by atoms with Crippen LogP contribution in [-0.2, 0) is 6.42 Å². The Bertz CT molecular complexity index is 1200. The molecule has 0 spiro atoms. The van der Waals surface area contributed by atoms with Crippen LogP contribution in [0.3, 0.4) is 0 Å². The number of hydrogen-bond acceptors (Lipinski definition) is 5. The van der Waals surface area contributed by atoms with Crippen LogP contribution in [0.1, 0.15) is 42.9 Å². The van der Waals surface area contributed by atoms with Crippen molar-refractivity contribution in [3.63, 3.8) is 0 Å². The Balaban J connectivity index is 1.66. The lowest BCUT2D eigenvalue weighted by Gasteiger charge is -2.24. The number of nitrogens with zero attached hydrogens (tertiary/aromatic N) is 4. The first-order chi connectivity index (χ1) is 15.4. The Morgan fingerprint density at radius 2 is 2.09 bits per heavy atom. The van der Waals surface area contributed by atoms with Gasteiger partial charge in [-0.2, -0.15) is 10.2 Å². The highest BCUT2D eigenvalue weighted by molar-refractivity contribution is 5.66. The molecule has 7 nitrogen and oxygen atoms in total. The van der Waals surface area contributed by atoms with Gasteiger partial charge in [-0.25, -0.2) is 9.18 Å². The van der Waals surface area contributed by atoms with Gasteiger partial charge < -0.3 is 14.5 Å². The number of benzene rings is 2. The molecule has 0 aliphatic carbocycles. The number of amides is 1. The smallest absolute Gasteiger partial charge is 0.407 e. The first-order valence-electron chi connectivity index (χ1n) is 10.5. The highest BCUT2D eigenvalue weighted by Gasteiger charge is 2.27. The van der Waals surface area contributed by atoms with Gasteiger partial charge >= 0.3 is 6.09 Å². The van der Waals surface area contributed by atoms with Gasteiger partial charge in [0, 0.05) is 30.1 Å². The van der Waals surface area contributed by atoms with Crippen molar-refractivity contribution in [2.45, 2.75) is 32.6 Å². The van der Waals surface area contributed by atoms with Crippen molar-refractivity contribution >= 4 is 6.09 Å². The van der Waals surface area contributed by atoms with Gasteiger partial charge in [0.05, 0.1) is 5.56 Å². The number of halogens is 1. The van der Waals surface area contributed by atoms with Gasteiger partial charge in [-0.3, -0.25) is 0 Å². The van der Waals surface area contributed by atoms with Crippen LogP contribution in [0.4, 0.5) is 9.18 Å². The molecule has 0 bridgehead atoms. The molecule has 1 amide bonds. The van der Waals surface area contributed by atoms with E-state index in [-0.39, 0.29) is 17.4 Å². The Labute approximate surface area is 185 Å². The second-order valence-corrected chi connectivity index (χ2v) is 8.45. The zero-order valence-corrected chi connectivity index (χ0v) is 17.9. The SMILES string of the molecule is CC(C)CC1CN(C(=O)O)CCc2cc(-c3noc(-c4ccc(F)c(C#N)c4)n3)ccc21. The third-order valence-electron chi connectivity index (χ3n) is 5.72. The van der Waals surface area contributed by atoms with E-state index in [0.29, 0.717) is 36.8 Å². The van der Waals surface area contributed by atoms with Gasteiger partial charge in [0.15, 0.2) is 0 Å². The highest BCUT2D eigenvalue weighted by atomic mass is 19.1. The lowest BCUT2D eigenvalue weighted by atomic mass is 9.86. The van der Waals surface area contributed by atoms with E-state index in [4.69, 9.17) is 9.78 Å². The second-order valence-electron chi connectivity index (χ2n) is 8.45. The number of carbonyl (C=O) groups is 1. The number of nitriles is 1. The molecule has 0 saturated carbocycles. The molecule has 1 unspecified atom stereocenters. The minimum atomic E-state index is -0.898.